The van der Waals surface area contributed by atoms with Gasteiger partial charge in [0.05, 0.1) is 11.3 Å². The molecule has 27 heavy (non-hydrogen) atoms. The number of carbonyl (C=O) groups is 1. The molecule has 0 saturated carbocycles. The van der Waals surface area contributed by atoms with Gasteiger partial charge in [0.1, 0.15) is 0 Å². The molecule has 0 spiro atoms. The molecule has 3 N–H and O–H groups in total. The molecule has 1 saturated heterocycles. The van der Waals surface area contributed by atoms with E-state index in [4.69, 9.17) is 4.42 Å². The first kappa shape index (κ1) is 21.5. The van der Waals surface area contributed by atoms with Crippen LogP contribution in [0.25, 0.3) is 0 Å². The van der Waals surface area contributed by atoms with Crippen molar-refractivity contribution in [3.63, 3.8) is 0 Å². The van der Waals surface area contributed by atoms with Crippen LogP contribution in [0.15, 0.2) is 45.3 Å². The Morgan fingerprint density at radius 3 is 2.67 bits per heavy atom. The van der Waals surface area contributed by atoms with E-state index in [1.54, 1.807) is 30.5 Å². The van der Waals surface area contributed by atoms with Crippen LogP contribution in [0.1, 0.15) is 23.4 Å². The highest BCUT2D eigenvalue weighted by molar-refractivity contribution is 14.0. The molecule has 2 aromatic heterocycles. The summed E-state index contributed by atoms with van der Waals surface area (Å²) in [5, 5.41) is 13.0. The summed E-state index contributed by atoms with van der Waals surface area (Å²) in [5.41, 5.74) is 0. The van der Waals surface area contributed by atoms with Gasteiger partial charge >= 0.3 is 0 Å². The van der Waals surface area contributed by atoms with Crippen LogP contribution in [0, 0.1) is 0 Å². The molecule has 0 atom stereocenters. The van der Waals surface area contributed by atoms with Gasteiger partial charge in [-0.15, -0.1) is 35.3 Å². The third kappa shape index (κ3) is 6.42. The van der Waals surface area contributed by atoms with E-state index in [-0.39, 0.29) is 29.9 Å². The molecule has 0 radical (unpaired) electrons. The van der Waals surface area contributed by atoms with Gasteiger partial charge in [0.15, 0.2) is 11.7 Å². The van der Waals surface area contributed by atoms with Crippen molar-refractivity contribution in [2.75, 3.05) is 38.1 Å². The van der Waals surface area contributed by atoms with Crippen molar-refractivity contribution in [1.82, 2.24) is 16.0 Å². The molecule has 148 valence electrons. The highest BCUT2D eigenvalue weighted by Gasteiger charge is 2.20. The van der Waals surface area contributed by atoms with Gasteiger partial charge in [0, 0.05) is 39.3 Å². The fraction of sp³-hybridized carbons (Fsp3) is 0.444. The Labute approximate surface area is 180 Å². The van der Waals surface area contributed by atoms with E-state index >= 15 is 0 Å². The summed E-state index contributed by atoms with van der Waals surface area (Å²) in [6, 6.07) is 8.03. The SMILES string of the molecule is CN=C(NCCNC(=O)c1ccco1)NC1CCN(c2cccs2)CC1.I. The van der Waals surface area contributed by atoms with E-state index in [0.717, 1.165) is 31.9 Å². The number of furan rings is 1. The standard InChI is InChI=1S/C18H25N5O2S.HI/c1-19-18(21-9-8-20-17(24)15-4-2-12-25-15)22-14-6-10-23(11-7-14)16-5-3-13-26-16;/h2-5,12-14H,6-11H2,1H3,(H,20,24)(H2,19,21,22);1H. The number of nitrogens with zero attached hydrogens (tertiary/aromatic N) is 2. The minimum Gasteiger partial charge on any atom is -0.459 e. The lowest BCUT2D eigenvalue weighted by molar-refractivity contribution is 0.0926. The fourth-order valence-electron chi connectivity index (χ4n) is 2.93. The number of hydrogen-bond acceptors (Lipinski definition) is 5. The first-order valence-corrected chi connectivity index (χ1v) is 9.71. The maximum atomic E-state index is 11.8. The first-order valence-electron chi connectivity index (χ1n) is 8.83. The van der Waals surface area contributed by atoms with E-state index in [2.05, 4.69) is 43.4 Å². The number of anilines is 1. The Kier molecular flexibility index (Phi) is 8.92. The van der Waals surface area contributed by atoms with E-state index in [1.807, 2.05) is 0 Å². The van der Waals surface area contributed by atoms with Gasteiger partial charge in [-0.25, -0.2) is 0 Å². The zero-order valence-corrected chi connectivity index (χ0v) is 18.5. The summed E-state index contributed by atoms with van der Waals surface area (Å²) in [7, 11) is 1.76. The van der Waals surface area contributed by atoms with Gasteiger partial charge in [-0.3, -0.25) is 9.79 Å². The molecule has 3 heterocycles. The number of halogens is 1. The summed E-state index contributed by atoms with van der Waals surface area (Å²) < 4.78 is 5.06. The third-order valence-corrected chi connectivity index (χ3v) is 5.25. The number of aliphatic imine (C=N–C) groups is 1. The summed E-state index contributed by atoms with van der Waals surface area (Å²) in [5.74, 6) is 0.887. The van der Waals surface area contributed by atoms with Crippen LogP contribution in [0.2, 0.25) is 0 Å². The van der Waals surface area contributed by atoms with Crippen molar-refractivity contribution in [2.24, 2.45) is 4.99 Å². The summed E-state index contributed by atoms with van der Waals surface area (Å²) in [6.45, 7) is 3.19. The quantitative estimate of drug-likeness (QED) is 0.244. The maximum absolute atomic E-state index is 11.8. The normalized spacial score (nSPS) is 15.1. The molecular formula is C18H26IN5O2S. The molecule has 7 nitrogen and oxygen atoms in total. The van der Waals surface area contributed by atoms with Crippen molar-refractivity contribution in [3.8, 4) is 0 Å². The average molecular weight is 503 g/mol. The van der Waals surface area contributed by atoms with Crippen LogP contribution < -0.4 is 20.9 Å². The molecule has 1 fully saturated rings. The van der Waals surface area contributed by atoms with Crippen LogP contribution in [-0.2, 0) is 0 Å². The molecule has 3 rings (SSSR count). The van der Waals surface area contributed by atoms with Crippen molar-refractivity contribution in [3.05, 3.63) is 41.7 Å². The molecule has 1 aliphatic rings. The Balaban J connectivity index is 0.00000261. The van der Waals surface area contributed by atoms with Crippen LogP contribution >= 0.6 is 35.3 Å². The topological polar surface area (TPSA) is 81.9 Å². The van der Waals surface area contributed by atoms with Gasteiger partial charge in [-0.05, 0) is 42.5 Å². The number of hydrogen-bond donors (Lipinski definition) is 3. The smallest absolute Gasteiger partial charge is 0.287 e. The third-order valence-electron chi connectivity index (χ3n) is 4.33. The number of guanidine groups is 1. The van der Waals surface area contributed by atoms with Gasteiger partial charge < -0.3 is 25.3 Å². The summed E-state index contributed by atoms with van der Waals surface area (Å²) in [6.07, 6.45) is 3.64. The van der Waals surface area contributed by atoms with Crippen LogP contribution in [0.4, 0.5) is 5.00 Å². The molecule has 1 aliphatic heterocycles. The van der Waals surface area contributed by atoms with Gasteiger partial charge in [0.25, 0.3) is 5.91 Å². The number of nitrogens with one attached hydrogen (secondary N) is 3. The summed E-state index contributed by atoms with van der Waals surface area (Å²) >= 11 is 1.79. The predicted octanol–water partition coefficient (Wildman–Crippen LogP) is 2.52. The monoisotopic (exact) mass is 503 g/mol. The van der Waals surface area contributed by atoms with Crippen LogP contribution in [0.5, 0.6) is 0 Å². The van der Waals surface area contributed by atoms with Crippen molar-refractivity contribution in [2.45, 2.75) is 18.9 Å². The zero-order chi connectivity index (χ0) is 18.2. The molecule has 1 amide bonds. The lowest BCUT2D eigenvalue weighted by atomic mass is 10.1. The molecular weight excluding hydrogens is 477 g/mol. The average Bonchev–Trinajstić information content (AvgIpc) is 3.38. The first-order chi connectivity index (χ1) is 12.8. The zero-order valence-electron chi connectivity index (χ0n) is 15.3. The van der Waals surface area contributed by atoms with E-state index < -0.39 is 0 Å². The molecule has 2 aromatic rings. The molecule has 0 unspecified atom stereocenters. The maximum Gasteiger partial charge on any atom is 0.287 e. The van der Waals surface area contributed by atoms with E-state index in [9.17, 15) is 4.79 Å². The Morgan fingerprint density at radius 2 is 2.04 bits per heavy atom. The Hall–Kier alpha value is -1.75. The minimum absolute atomic E-state index is 0. The summed E-state index contributed by atoms with van der Waals surface area (Å²) in [4.78, 5) is 18.5. The number of piperidine rings is 1. The minimum atomic E-state index is -0.208. The second-order valence-electron chi connectivity index (χ2n) is 6.09. The van der Waals surface area contributed by atoms with Crippen molar-refractivity contribution >= 4 is 52.2 Å². The van der Waals surface area contributed by atoms with Crippen LogP contribution in [-0.4, -0.2) is 51.1 Å². The van der Waals surface area contributed by atoms with Gasteiger partial charge in [-0.2, -0.15) is 0 Å². The van der Waals surface area contributed by atoms with Gasteiger partial charge in [0.2, 0.25) is 0 Å². The molecule has 0 aromatic carbocycles. The molecule has 0 bridgehead atoms. The Bertz CT molecular complexity index is 697. The number of carbonyl (C=O) groups excluding carboxylic acids is 1. The second-order valence-corrected chi connectivity index (χ2v) is 7.02. The predicted molar refractivity (Wildman–Crippen MR) is 121 cm³/mol. The Morgan fingerprint density at radius 1 is 1.26 bits per heavy atom. The van der Waals surface area contributed by atoms with Gasteiger partial charge in [-0.1, -0.05) is 0 Å². The molecule has 9 heteroatoms. The van der Waals surface area contributed by atoms with Crippen LogP contribution in [0.3, 0.4) is 0 Å². The van der Waals surface area contributed by atoms with Crippen molar-refractivity contribution < 1.29 is 9.21 Å². The number of rotatable bonds is 6. The van der Waals surface area contributed by atoms with Crippen molar-refractivity contribution in [1.29, 1.82) is 0 Å². The highest BCUT2D eigenvalue weighted by Crippen LogP contribution is 2.24. The fourth-order valence-corrected chi connectivity index (χ4v) is 3.72. The van der Waals surface area contributed by atoms with E-state index in [0.29, 0.717) is 24.9 Å². The number of thiophene rings is 1. The number of amides is 1. The largest absolute Gasteiger partial charge is 0.459 e. The van der Waals surface area contributed by atoms with E-state index in [1.165, 1.54) is 11.3 Å². The molecule has 0 aliphatic carbocycles. The lowest BCUT2D eigenvalue weighted by Crippen LogP contribution is -2.49. The highest BCUT2D eigenvalue weighted by atomic mass is 127. The lowest BCUT2D eigenvalue weighted by Gasteiger charge is -2.33. The second kappa shape index (κ2) is 11.2.